The minimum absolute atomic E-state index is 0.0194. The molecule has 0 saturated carbocycles. The number of thiazole rings is 1. The summed E-state index contributed by atoms with van der Waals surface area (Å²) in [5, 5.41) is 4.62. The summed E-state index contributed by atoms with van der Waals surface area (Å²) in [5.74, 6) is 0.385. The topological polar surface area (TPSA) is 65.5 Å². The fourth-order valence-electron chi connectivity index (χ4n) is 4.13. The third kappa shape index (κ3) is 3.63. The molecule has 2 saturated heterocycles. The number of rotatable bonds is 3. The van der Waals surface area contributed by atoms with Crippen LogP contribution in [0.2, 0.25) is 5.02 Å². The molecule has 5 rings (SSSR count). The molecule has 8 heteroatoms. The fraction of sp³-hybridized carbons (Fsp3) is 0.318. The van der Waals surface area contributed by atoms with E-state index in [1.54, 1.807) is 16.2 Å². The smallest absolute Gasteiger partial charge is 0.321 e. The predicted molar refractivity (Wildman–Crippen MR) is 120 cm³/mol. The van der Waals surface area contributed by atoms with Crippen molar-refractivity contribution in [2.75, 3.05) is 31.1 Å². The van der Waals surface area contributed by atoms with E-state index in [1.165, 1.54) is 0 Å². The van der Waals surface area contributed by atoms with Crippen molar-refractivity contribution in [2.45, 2.75) is 18.8 Å². The lowest BCUT2D eigenvalue weighted by atomic mass is 9.97. The largest absolute Gasteiger partial charge is 0.339 e. The van der Waals surface area contributed by atoms with Crippen LogP contribution in [0, 0.1) is 0 Å². The van der Waals surface area contributed by atoms with Crippen LogP contribution in [0.25, 0.3) is 10.2 Å². The van der Waals surface area contributed by atoms with Crippen LogP contribution >= 0.6 is 22.9 Å². The highest BCUT2D eigenvalue weighted by Gasteiger charge is 2.27. The molecule has 1 aromatic heterocycles. The maximum Gasteiger partial charge on any atom is 0.321 e. The van der Waals surface area contributed by atoms with E-state index in [2.05, 4.69) is 5.32 Å². The molecule has 6 nitrogen and oxygen atoms in total. The number of nitrogens with zero attached hydrogens (tertiary/aromatic N) is 3. The van der Waals surface area contributed by atoms with Gasteiger partial charge in [-0.15, -0.1) is 11.3 Å². The second kappa shape index (κ2) is 7.89. The molecule has 3 heterocycles. The van der Waals surface area contributed by atoms with Crippen LogP contribution in [-0.2, 0) is 0 Å². The zero-order valence-corrected chi connectivity index (χ0v) is 17.9. The van der Waals surface area contributed by atoms with Gasteiger partial charge in [0.05, 0.1) is 15.2 Å². The van der Waals surface area contributed by atoms with Crippen LogP contribution in [0.4, 0.5) is 10.5 Å². The number of carbonyl (C=O) groups is 2. The van der Waals surface area contributed by atoms with E-state index in [-0.39, 0.29) is 11.9 Å². The molecule has 2 aliphatic rings. The second-order valence-electron chi connectivity index (χ2n) is 7.66. The van der Waals surface area contributed by atoms with E-state index in [1.807, 2.05) is 47.4 Å². The summed E-state index contributed by atoms with van der Waals surface area (Å²) in [6.07, 6.45) is 1.79. The highest BCUT2D eigenvalue weighted by atomic mass is 35.5. The number of fused-ring (bicyclic) bond motifs is 1. The van der Waals surface area contributed by atoms with Gasteiger partial charge < -0.3 is 10.2 Å². The van der Waals surface area contributed by atoms with Crippen molar-refractivity contribution in [1.29, 1.82) is 0 Å². The molecule has 154 valence electrons. The standard InChI is InChI=1S/C22H21ClN4O2S/c23-16-4-5-19-18(13-16)25-20(30-19)14-6-9-26(10-7-14)21(28)15-2-1-3-17(12-15)27-11-8-24-22(27)29/h1-5,12-14H,6-11H2,(H,24,29). The van der Waals surface area contributed by atoms with E-state index < -0.39 is 0 Å². The van der Waals surface area contributed by atoms with Gasteiger partial charge in [0.1, 0.15) is 0 Å². The van der Waals surface area contributed by atoms with Crippen molar-refractivity contribution in [1.82, 2.24) is 15.2 Å². The van der Waals surface area contributed by atoms with Crippen molar-refractivity contribution in [3.05, 3.63) is 58.1 Å². The van der Waals surface area contributed by atoms with Crippen molar-refractivity contribution in [2.24, 2.45) is 0 Å². The molecule has 3 aromatic rings. The summed E-state index contributed by atoms with van der Waals surface area (Å²) in [4.78, 5) is 33.3. The highest BCUT2D eigenvalue weighted by Crippen LogP contribution is 2.35. The van der Waals surface area contributed by atoms with Crippen LogP contribution in [-0.4, -0.2) is 48.0 Å². The molecule has 2 aliphatic heterocycles. The van der Waals surface area contributed by atoms with Crippen LogP contribution in [0.5, 0.6) is 0 Å². The Morgan fingerprint density at radius 1 is 1.13 bits per heavy atom. The molecule has 0 unspecified atom stereocenters. The van der Waals surface area contributed by atoms with Crippen molar-refractivity contribution in [3.8, 4) is 0 Å². The van der Waals surface area contributed by atoms with Gasteiger partial charge in [-0.1, -0.05) is 17.7 Å². The van der Waals surface area contributed by atoms with E-state index >= 15 is 0 Å². The number of nitrogens with one attached hydrogen (secondary N) is 1. The van der Waals surface area contributed by atoms with Gasteiger partial charge in [-0.2, -0.15) is 0 Å². The van der Waals surface area contributed by atoms with Crippen molar-refractivity contribution >= 4 is 50.8 Å². The molecule has 0 aliphatic carbocycles. The lowest BCUT2D eigenvalue weighted by Crippen LogP contribution is -2.38. The van der Waals surface area contributed by atoms with Crippen LogP contribution in [0.3, 0.4) is 0 Å². The predicted octanol–water partition coefficient (Wildman–Crippen LogP) is 4.50. The first-order valence-electron chi connectivity index (χ1n) is 10.1. The van der Waals surface area contributed by atoms with Crippen LogP contribution in [0.1, 0.15) is 34.1 Å². The lowest BCUT2D eigenvalue weighted by Gasteiger charge is -2.31. The summed E-state index contributed by atoms with van der Waals surface area (Å²) in [6, 6.07) is 13.1. The highest BCUT2D eigenvalue weighted by molar-refractivity contribution is 7.18. The fourth-order valence-corrected chi connectivity index (χ4v) is 5.41. The molecule has 30 heavy (non-hydrogen) atoms. The number of aromatic nitrogens is 1. The molecule has 2 aromatic carbocycles. The summed E-state index contributed by atoms with van der Waals surface area (Å²) in [6.45, 7) is 2.65. The van der Waals surface area contributed by atoms with Gasteiger partial charge in [-0.25, -0.2) is 9.78 Å². The Labute approximate surface area is 183 Å². The van der Waals surface area contributed by atoms with Gasteiger partial charge in [-0.3, -0.25) is 9.69 Å². The SMILES string of the molecule is O=C(c1cccc(N2CCNC2=O)c1)N1CCC(c2nc3cc(Cl)ccc3s2)CC1. The maximum atomic E-state index is 13.0. The number of piperidine rings is 1. The first-order valence-corrected chi connectivity index (χ1v) is 11.3. The van der Waals surface area contributed by atoms with Gasteiger partial charge in [0.2, 0.25) is 0 Å². The Morgan fingerprint density at radius 3 is 2.73 bits per heavy atom. The van der Waals surface area contributed by atoms with Gasteiger partial charge in [0.15, 0.2) is 0 Å². The van der Waals surface area contributed by atoms with Crippen LogP contribution in [0.15, 0.2) is 42.5 Å². The molecule has 3 amide bonds. The lowest BCUT2D eigenvalue weighted by molar-refractivity contribution is 0.0713. The Hall–Kier alpha value is -2.64. The van der Waals surface area contributed by atoms with Gasteiger partial charge in [0.25, 0.3) is 5.91 Å². The number of benzene rings is 2. The summed E-state index contributed by atoms with van der Waals surface area (Å²) in [5.41, 5.74) is 2.34. The number of carbonyl (C=O) groups excluding carboxylic acids is 2. The number of hydrogen-bond donors (Lipinski definition) is 1. The van der Waals surface area contributed by atoms with Crippen molar-refractivity contribution < 1.29 is 9.59 Å². The zero-order valence-electron chi connectivity index (χ0n) is 16.3. The Morgan fingerprint density at radius 2 is 1.97 bits per heavy atom. The van der Waals surface area contributed by atoms with Crippen LogP contribution < -0.4 is 10.2 Å². The average Bonchev–Trinajstić information content (AvgIpc) is 3.39. The number of halogens is 1. The Kier molecular flexibility index (Phi) is 5.08. The number of anilines is 1. The number of urea groups is 1. The molecule has 0 radical (unpaired) electrons. The third-order valence-corrected chi connectivity index (χ3v) is 7.19. The normalized spacial score (nSPS) is 17.6. The van der Waals surface area contributed by atoms with Gasteiger partial charge >= 0.3 is 6.03 Å². The maximum absolute atomic E-state index is 13.0. The zero-order chi connectivity index (χ0) is 20.7. The monoisotopic (exact) mass is 440 g/mol. The first kappa shape index (κ1) is 19.3. The van der Waals surface area contributed by atoms with Crippen molar-refractivity contribution in [3.63, 3.8) is 0 Å². The summed E-state index contributed by atoms with van der Waals surface area (Å²) in [7, 11) is 0. The Balaban J connectivity index is 1.27. The molecule has 1 N–H and O–H groups in total. The van der Waals surface area contributed by atoms with E-state index in [4.69, 9.17) is 16.6 Å². The van der Waals surface area contributed by atoms with E-state index in [0.29, 0.717) is 42.7 Å². The molecule has 0 bridgehead atoms. The van der Waals surface area contributed by atoms with E-state index in [0.717, 1.165) is 33.8 Å². The number of amides is 3. The molecule has 0 atom stereocenters. The van der Waals surface area contributed by atoms with Gasteiger partial charge in [0, 0.05) is 48.4 Å². The van der Waals surface area contributed by atoms with Gasteiger partial charge in [-0.05, 0) is 49.2 Å². The summed E-state index contributed by atoms with van der Waals surface area (Å²) < 4.78 is 1.15. The van der Waals surface area contributed by atoms with E-state index in [9.17, 15) is 9.59 Å². The number of hydrogen-bond acceptors (Lipinski definition) is 4. The number of likely N-dealkylation sites (tertiary alicyclic amines) is 1. The third-order valence-electron chi connectivity index (χ3n) is 5.76. The minimum atomic E-state index is -0.113. The minimum Gasteiger partial charge on any atom is -0.339 e. The quantitative estimate of drug-likeness (QED) is 0.652. The summed E-state index contributed by atoms with van der Waals surface area (Å²) >= 11 is 7.80. The molecule has 2 fully saturated rings. The Bertz CT molecular complexity index is 1120. The molecule has 0 spiro atoms. The molecular formula is C22H21ClN4O2S. The first-order chi connectivity index (χ1) is 14.6. The second-order valence-corrected chi connectivity index (χ2v) is 9.16. The molecular weight excluding hydrogens is 420 g/mol. The average molecular weight is 441 g/mol.